The van der Waals surface area contributed by atoms with Gasteiger partial charge in [-0.2, -0.15) is 5.10 Å². The van der Waals surface area contributed by atoms with Gasteiger partial charge in [0.2, 0.25) is 0 Å². The molecule has 3 heterocycles. The summed E-state index contributed by atoms with van der Waals surface area (Å²) in [4.78, 5) is 20.9. The standard InChI is InChI=1S/C20H19ClF3N5O/c1-12-9-17(18(23)24)29-19(26-12)13(10-25-29)20(30)28-7-5-27(6-8-28)11-14-15(21)3-2-4-16(14)22/h2-4,9-10,18H,5-8,11H2,1H3. The number of halogens is 4. The number of hydrogen-bond acceptors (Lipinski definition) is 4. The molecule has 1 saturated heterocycles. The van der Waals surface area contributed by atoms with E-state index < -0.39 is 6.43 Å². The SMILES string of the molecule is Cc1cc(C(F)F)n2ncc(C(=O)N3CCN(Cc4c(F)cccc4Cl)CC3)c2n1. The van der Waals surface area contributed by atoms with E-state index in [4.69, 9.17) is 11.6 Å². The molecule has 6 nitrogen and oxygen atoms in total. The number of rotatable bonds is 4. The van der Waals surface area contributed by atoms with Gasteiger partial charge < -0.3 is 4.90 Å². The van der Waals surface area contributed by atoms with Crippen molar-refractivity contribution in [2.75, 3.05) is 26.2 Å². The monoisotopic (exact) mass is 437 g/mol. The van der Waals surface area contributed by atoms with Gasteiger partial charge in [-0.15, -0.1) is 0 Å². The fraction of sp³-hybridized carbons (Fsp3) is 0.350. The minimum Gasteiger partial charge on any atom is -0.336 e. The molecule has 0 radical (unpaired) electrons. The van der Waals surface area contributed by atoms with Crippen LogP contribution in [0.2, 0.25) is 5.02 Å². The maximum atomic E-state index is 14.0. The Labute approximate surface area is 175 Å². The second kappa shape index (κ2) is 8.23. The van der Waals surface area contributed by atoms with E-state index in [2.05, 4.69) is 10.1 Å². The van der Waals surface area contributed by atoms with Crippen LogP contribution >= 0.6 is 11.6 Å². The highest BCUT2D eigenvalue weighted by molar-refractivity contribution is 6.31. The van der Waals surface area contributed by atoms with Crippen molar-refractivity contribution in [1.82, 2.24) is 24.4 Å². The van der Waals surface area contributed by atoms with Crippen LogP contribution in [0.5, 0.6) is 0 Å². The lowest BCUT2D eigenvalue weighted by atomic mass is 10.1. The highest BCUT2D eigenvalue weighted by Gasteiger charge is 2.27. The van der Waals surface area contributed by atoms with E-state index in [1.165, 1.54) is 18.3 Å². The minimum absolute atomic E-state index is 0.121. The largest absolute Gasteiger partial charge is 0.336 e. The number of fused-ring (bicyclic) bond motifs is 1. The van der Waals surface area contributed by atoms with Crippen LogP contribution in [-0.4, -0.2) is 56.5 Å². The van der Waals surface area contributed by atoms with E-state index in [1.807, 2.05) is 4.90 Å². The van der Waals surface area contributed by atoms with Crippen molar-refractivity contribution in [2.24, 2.45) is 0 Å². The molecule has 0 atom stereocenters. The first-order valence-electron chi connectivity index (χ1n) is 9.43. The van der Waals surface area contributed by atoms with Crippen LogP contribution in [0.1, 0.15) is 33.7 Å². The van der Waals surface area contributed by atoms with Crippen molar-refractivity contribution in [3.63, 3.8) is 0 Å². The van der Waals surface area contributed by atoms with Gasteiger partial charge in [0.05, 0.1) is 6.20 Å². The molecule has 1 aliphatic rings. The van der Waals surface area contributed by atoms with Crippen molar-refractivity contribution < 1.29 is 18.0 Å². The smallest absolute Gasteiger partial charge is 0.280 e. The molecule has 0 aliphatic carbocycles. The van der Waals surface area contributed by atoms with Crippen molar-refractivity contribution >= 4 is 23.2 Å². The van der Waals surface area contributed by atoms with Gasteiger partial charge in [-0.3, -0.25) is 9.69 Å². The van der Waals surface area contributed by atoms with E-state index >= 15 is 0 Å². The lowest BCUT2D eigenvalue weighted by Gasteiger charge is -2.34. The van der Waals surface area contributed by atoms with Crippen LogP contribution in [0.25, 0.3) is 5.65 Å². The Balaban J connectivity index is 1.49. The summed E-state index contributed by atoms with van der Waals surface area (Å²) >= 11 is 6.10. The second-order valence-corrected chi connectivity index (χ2v) is 7.59. The Morgan fingerprint density at radius 1 is 1.23 bits per heavy atom. The third-order valence-electron chi connectivity index (χ3n) is 5.18. The number of carbonyl (C=O) groups is 1. The first kappa shape index (κ1) is 20.6. The third kappa shape index (κ3) is 3.87. The number of carbonyl (C=O) groups excluding carboxylic acids is 1. The van der Waals surface area contributed by atoms with Gasteiger partial charge in [0.1, 0.15) is 17.1 Å². The summed E-state index contributed by atoms with van der Waals surface area (Å²) in [5.74, 6) is -0.671. The van der Waals surface area contributed by atoms with Gasteiger partial charge in [-0.05, 0) is 25.1 Å². The van der Waals surface area contributed by atoms with E-state index in [9.17, 15) is 18.0 Å². The van der Waals surface area contributed by atoms with Crippen LogP contribution in [0, 0.1) is 12.7 Å². The molecule has 1 aromatic carbocycles. The van der Waals surface area contributed by atoms with Crippen molar-refractivity contribution in [1.29, 1.82) is 0 Å². The molecule has 1 amide bonds. The maximum absolute atomic E-state index is 14.0. The molecule has 0 bridgehead atoms. The molecular formula is C20H19ClF3N5O. The molecule has 0 N–H and O–H groups in total. The average molecular weight is 438 g/mol. The lowest BCUT2D eigenvalue weighted by molar-refractivity contribution is 0.0628. The fourth-order valence-corrected chi connectivity index (χ4v) is 3.83. The first-order chi connectivity index (χ1) is 14.3. The van der Waals surface area contributed by atoms with Crippen molar-refractivity contribution in [3.05, 3.63) is 63.8 Å². The summed E-state index contributed by atoms with van der Waals surface area (Å²) in [6, 6.07) is 5.83. The molecule has 2 aromatic heterocycles. The van der Waals surface area contributed by atoms with Crippen LogP contribution < -0.4 is 0 Å². The first-order valence-corrected chi connectivity index (χ1v) is 9.81. The Hall–Kier alpha value is -2.65. The number of aromatic nitrogens is 3. The highest BCUT2D eigenvalue weighted by atomic mass is 35.5. The number of aryl methyl sites for hydroxylation is 1. The predicted octanol–water partition coefficient (Wildman–Crippen LogP) is 3.73. The molecule has 10 heteroatoms. The summed E-state index contributed by atoms with van der Waals surface area (Å²) in [5, 5.41) is 4.32. The fourth-order valence-electron chi connectivity index (χ4n) is 3.61. The molecule has 1 fully saturated rings. The third-order valence-corrected chi connectivity index (χ3v) is 5.54. The number of nitrogens with zero attached hydrogens (tertiary/aromatic N) is 5. The Kier molecular flexibility index (Phi) is 5.66. The lowest BCUT2D eigenvalue weighted by Crippen LogP contribution is -2.48. The molecule has 0 spiro atoms. The minimum atomic E-state index is -2.73. The zero-order chi connectivity index (χ0) is 21.4. The summed E-state index contributed by atoms with van der Waals surface area (Å²) in [7, 11) is 0. The molecule has 1 aliphatic heterocycles. The van der Waals surface area contributed by atoms with E-state index in [1.54, 1.807) is 24.0 Å². The summed E-state index contributed by atoms with van der Waals surface area (Å²) in [6.45, 7) is 3.84. The van der Waals surface area contributed by atoms with Gasteiger partial charge in [0.15, 0.2) is 5.65 Å². The van der Waals surface area contributed by atoms with Crippen molar-refractivity contribution in [3.8, 4) is 0 Å². The number of alkyl halides is 2. The molecule has 0 saturated carbocycles. The van der Waals surface area contributed by atoms with Crippen LogP contribution in [0.3, 0.4) is 0 Å². The summed E-state index contributed by atoms with van der Waals surface area (Å²) in [5.41, 5.74) is 0.824. The maximum Gasteiger partial charge on any atom is 0.280 e. The molecule has 0 unspecified atom stereocenters. The molecule has 158 valence electrons. The van der Waals surface area contributed by atoms with Crippen LogP contribution in [0.15, 0.2) is 30.5 Å². The molecule has 3 aromatic rings. The van der Waals surface area contributed by atoms with E-state index in [0.717, 1.165) is 4.52 Å². The number of hydrogen-bond donors (Lipinski definition) is 0. The predicted molar refractivity (Wildman–Crippen MR) is 105 cm³/mol. The average Bonchev–Trinajstić information content (AvgIpc) is 3.13. The zero-order valence-electron chi connectivity index (χ0n) is 16.2. The van der Waals surface area contributed by atoms with E-state index in [-0.39, 0.29) is 28.6 Å². The Bertz CT molecular complexity index is 1080. The van der Waals surface area contributed by atoms with Crippen LogP contribution in [-0.2, 0) is 6.54 Å². The van der Waals surface area contributed by atoms with Gasteiger partial charge in [-0.1, -0.05) is 17.7 Å². The van der Waals surface area contributed by atoms with E-state index in [0.29, 0.717) is 49.0 Å². The number of benzene rings is 1. The van der Waals surface area contributed by atoms with Gasteiger partial charge in [0, 0.05) is 49.0 Å². The van der Waals surface area contributed by atoms with Gasteiger partial charge in [0.25, 0.3) is 12.3 Å². The normalized spacial score (nSPS) is 15.3. The summed E-state index contributed by atoms with van der Waals surface area (Å²) in [6.07, 6.45) is -1.45. The summed E-state index contributed by atoms with van der Waals surface area (Å²) < 4.78 is 41.6. The Morgan fingerprint density at radius 3 is 2.63 bits per heavy atom. The number of piperazine rings is 1. The Morgan fingerprint density at radius 2 is 1.97 bits per heavy atom. The zero-order valence-corrected chi connectivity index (χ0v) is 16.9. The molecule has 30 heavy (non-hydrogen) atoms. The highest BCUT2D eigenvalue weighted by Crippen LogP contribution is 2.24. The molecule has 4 rings (SSSR count). The number of amides is 1. The van der Waals surface area contributed by atoms with Crippen molar-refractivity contribution in [2.45, 2.75) is 19.9 Å². The van der Waals surface area contributed by atoms with Gasteiger partial charge >= 0.3 is 0 Å². The quantitative estimate of drug-likeness (QED) is 0.624. The van der Waals surface area contributed by atoms with Gasteiger partial charge in [-0.25, -0.2) is 22.7 Å². The second-order valence-electron chi connectivity index (χ2n) is 7.19. The topological polar surface area (TPSA) is 53.7 Å². The molecular weight excluding hydrogens is 419 g/mol. The van der Waals surface area contributed by atoms with Crippen LogP contribution in [0.4, 0.5) is 13.2 Å².